The van der Waals surface area contributed by atoms with Crippen LogP contribution in [0.2, 0.25) is 10.2 Å². The summed E-state index contributed by atoms with van der Waals surface area (Å²) in [6.45, 7) is 6.12. The van der Waals surface area contributed by atoms with E-state index in [-0.39, 0.29) is 6.04 Å². The second-order valence-corrected chi connectivity index (χ2v) is 9.80. The number of halogens is 2. The van der Waals surface area contributed by atoms with Crippen LogP contribution in [0.4, 0.5) is 5.82 Å². The molecule has 5 rings (SSSR count). The number of aromatic nitrogens is 5. The molecule has 168 valence electrons. The first kappa shape index (κ1) is 21.5. The highest BCUT2D eigenvalue weighted by atomic mass is 35.5. The van der Waals surface area contributed by atoms with Crippen molar-refractivity contribution in [3.63, 3.8) is 0 Å². The van der Waals surface area contributed by atoms with E-state index in [1.54, 1.807) is 6.07 Å². The molecule has 1 aliphatic carbocycles. The van der Waals surface area contributed by atoms with Gasteiger partial charge < -0.3 is 9.64 Å². The molecule has 2 fully saturated rings. The Morgan fingerprint density at radius 1 is 1.09 bits per heavy atom. The Morgan fingerprint density at radius 2 is 1.88 bits per heavy atom. The normalized spacial score (nSPS) is 22.5. The van der Waals surface area contributed by atoms with Crippen LogP contribution in [-0.4, -0.2) is 37.8 Å². The first-order chi connectivity index (χ1) is 15.5. The predicted octanol–water partition coefficient (Wildman–Crippen LogP) is 5.45. The highest BCUT2D eigenvalue weighted by Crippen LogP contribution is 2.44. The third-order valence-corrected chi connectivity index (χ3v) is 6.97. The van der Waals surface area contributed by atoms with Crippen LogP contribution in [-0.2, 0) is 6.42 Å². The molecule has 7 nitrogen and oxygen atoms in total. The van der Waals surface area contributed by atoms with Crippen molar-refractivity contribution >= 4 is 29.0 Å². The van der Waals surface area contributed by atoms with Gasteiger partial charge >= 0.3 is 6.01 Å². The number of ether oxygens (including phenoxy) is 1. The Bertz CT molecular complexity index is 1090. The van der Waals surface area contributed by atoms with Crippen LogP contribution in [0.15, 0.2) is 36.7 Å². The van der Waals surface area contributed by atoms with Gasteiger partial charge in [-0.1, -0.05) is 29.3 Å². The Labute approximate surface area is 197 Å². The summed E-state index contributed by atoms with van der Waals surface area (Å²) in [7, 11) is 0. The summed E-state index contributed by atoms with van der Waals surface area (Å²) in [6, 6.07) is 9.86. The highest BCUT2D eigenvalue weighted by Gasteiger charge is 2.43. The summed E-state index contributed by atoms with van der Waals surface area (Å²) in [5.41, 5.74) is 0. The lowest BCUT2D eigenvalue weighted by Gasteiger charge is -2.38. The van der Waals surface area contributed by atoms with Crippen LogP contribution in [0.3, 0.4) is 0 Å². The fourth-order valence-electron chi connectivity index (χ4n) is 5.04. The number of piperidine rings is 1. The first-order valence-corrected chi connectivity index (χ1v) is 11.8. The van der Waals surface area contributed by atoms with E-state index in [9.17, 15) is 0 Å². The Balaban J connectivity index is 1.32. The van der Waals surface area contributed by atoms with Gasteiger partial charge in [0, 0.05) is 30.6 Å². The maximum atomic E-state index is 6.11. The van der Waals surface area contributed by atoms with Gasteiger partial charge in [0.25, 0.3) is 0 Å². The summed E-state index contributed by atoms with van der Waals surface area (Å²) in [5, 5.41) is 5.92. The average molecular weight is 473 g/mol. The lowest BCUT2D eigenvalue weighted by molar-refractivity contribution is 0.264. The number of benzene rings is 1. The van der Waals surface area contributed by atoms with E-state index >= 15 is 0 Å². The molecule has 2 aromatic heterocycles. The van der Waals surface area contributed by atoms with Gasteiger partial charge in [-0.3, -0.25) is 0 Å². The zero-order valence-corrected chi connectivity index (χ0v) is 19.7. The minimum absolute atomic E-state index is 0.145. The largest absolute Gasteiger partial charge is 0.424 e. The molecular weight excluding hydrogens is 447 g/mol. The van der Waals surface area contributed by atoms with Crippen LogP contribution in [0.1, 0.15) is 38.6 Å². The van der Waals surface area contributed by atoms with E-state index in [0.717, 1.165) is 31.2 Å². The minimum atomic E-state index is 0.145. The molecule has 0 amide bonds. The van der Waals surface area contributed by atoms with E-state index in [1.165, 1.54) is 19.2 Å². The van der Waals surface area contributed by atoms with Crippen molar-refractivity contribution in [2.45, 2.75) is 39.2 Å². The van der Waals surface area contributed by atoms with E-state index in [0.29, 0.717) is 39.7 Å². The van der Waals surface area contributed by atoms with Crippen LogP contribution >= 0.6 is 23.2 Å². The zero-order valence-electron chi connectivity index (χ0n) is 18.2. The van der Waals surface area contributed by atoms with Gasteiger partial charge in [-0.15, -0.1) is 0 Å². The van der Waals surface area contributed by atoms with Crippen molar-refractivity contribution < 1.29 is 4.74 Å². The van der Waals surface area contributed by atoms with E-state index < -0.39 is 0 Å². The quantitative estimate of drug-likeness (QED) is 0.444. The third-order valence-electron chi connectivity index (χ3n) is 6.53. The molecule has 3 atom stereocenters. The molecule has 0 radical (unpaired) electrons. The number of nitrogens with zero attached hydrogens (tertiary/aromatic N) is 6. The van der Waals surface area contributed by atoms with Crippen molar-refractivity contribution in [3.05, 3.63) is 52.7 Å². The van der Waals surface area contributed by atoms with Crippen molar-refractivity contribution in [1.29, 1.82) is 0 Å². The first-order valence-electron chi connectivity index (χ1n) is 11.1. The van der Waals surface area contributed by atoms with Crippen molar-refractivity contribution in [1.82, 2.24) is 24.7 Å². The molecule has 0 N–H and O–H groups in total. The molecule has 32 heavy (non-hydrogen) atoms. The second-order valence-electron chi connectivity index (χ2n) is 8.98. The number of hydrogen-bond donors (Lipinski definition) is 0. The molecule has 2 bridgehead atoms. The monoisotopic (exact) mass is 472 g/mol. The van der Waals surface area contributed by atoms with Crippen LogP contribution < -0.4 is 9.64 Å². The van der Waals surface area contributed by atoms with E-state index in [4.69, 9.17) is 38.0 Å². The fourth-order valence-corrected chi connectivity index (χ4v) is 5.36. The fraction of sp³-hybridized carbons (Fsp3) is 0.478. The topological polar surface area (TPSA) is 69.0 Å². The van der Waals surface area contributed by atoms with Crippen LogP contribution in [0.25, 0.3) is 0 Å². The van der Waals surface area contributed by atoms with Crippen molar-refractivity contribution in [2.75, 3.05) is 18.0 Å². The van der Waals surface area contributed by atoms with E-state index in [2.05, 4.69) is 28.7 Å². The maximum Gasteiger partial charge on any atom is 0.320 e. The SMILES string of the molecule is CC(C)n1nc(CC2[C@@H]3CC[C@H]2CN(c2cc(Cl)ncn2)C3)nc1Oc1cccc(Cl)c1. The predicted molar refractivity (Wildman–Crippen MR) is 125 cm³/mol. The third kappa shape index (κ3) is 4.41. The van der Waals surface area contributed by atoms with Crippen LogP contribution in [0, 0.1) is 17.8 Å². The molecule has 1 aliphatic heterocycles. The standard InChI is InChI=1S/C23H26Cl2N6O/c1-14(2)31-23(32-18-5-3-4-17(24)8-18)28-21(29-31)9-19-15-6-7-16(19)12-30(11-15)22-10-20(25)26-13-27-22/h3-5,8,10,13-16,19H,6-7,9,11-12H2,1-2H3/t15-,16+,19?. The summed E-state index contributed by atoms with van der Waals surface area (Å²) in [5.74, 6) is 4.16. The summed E-state index contributed by atoms with van der Waals surface area (Å²) in [6.07, 6.45) is 4.84. The molecule has 0 spiro atoms. The zero-order chi connectivity index (χ0) is 22.2. The second kappa shape index (κ2) is 8.87. The average Bonchev–Trinajstić information content (AvgIpc) is 3.24. The molecule has 1 unspecified atom stereocenters. The molecule has 2 aliphatic rings. The van der Waals surface area contributed by atoms with Gasteiger partial charge in [0.2, 0.25) is 0 Å². The number of fused-ring (bicyclic) bond motifs is 2. The molecule has 1 aromatic carbocycles. The summed E-state index contributed by atoms with van der Waals surface area (Å²) < 4.78 is 7.90. The molecular formula is C23H26Cl2N6O. The molecule has 1 saturated heterocycles. The van der Waals surface area contributed by atoms with E-state index in [1.807, 2.05) is 28.9 Å². The molecule has 3 heterocycles. The van der Waals surface area contributed by atoms with Gasteiger partial charge in [0.05, 0.1) is 6.04 Å². The van der Waals surface area contributed by atoms with Gasteiger partial charge in [0.15, 0.2) is 5.82 Å². The van der Waals surface area contributed by atoms with Gasteiger partial charge in [-0.2, -0.15) is 10.1 Å². The summed E-state index contributed by atoms with van der Waals surface area (Å²) >= 11 is 12.2. The number of rotatable bonds is 6. The van der Waals surface area contributed by atoms with Crippen molar-refractivity contribution in [3.8, 4) is 11.8 Å². The Hall–Kier alpha value is -2.38. The Kier molecular flexibility index (Phi) is 5.95. The maximum absolute atomic E-state index is 6.11. The van der Waals surface area contributed by atoms with Gasteiger partial charge in [-0.25, -0.2) is 14.6 Å². The van der Waals surface area contributed by atoms with Crippen LogP contribution in [0.5, 0.6) is 11.8 Å². The van der Waals surface area contributed by atoms with Gasteiger partial charge in [0.1, 0.15) is 23.0 Å². The molecule has 3 aromatic rings. The number of hydrogen-bond acceptors (Lipinski definition) is 6. The Morgan fingerprint density at radius 3 is 2.56 bits per heavy atom. The molecule has 9 heteroatoms. The smallest absolute Gasteiger partial charge is 0.320 e. The van der Waals surface area contributed by atoms with Gasteiger partial charge in [-0.05, 0) is 62.6 Å². The van der Waals surface area contributed by atoms with Crippen molar-refractivity contribution in [2.24, 2.45) is 17.8 Å². The summed E-state index contributed by atoms with van der Waals surface area (Å²) in [4.78, 5) is 15.6. The molecule has 1 saturated carbocycles. The number of anilines is 1. The minimum Gasteiger partial charge on any atom is -0.424 e. The highest BCUT2D eigenvalue weighted by molar-refractivity contribution is 6.30. The lowest BCUT2D eigenvalue weighted by Crippen LogP contribution is -2.43. The lowest BCUT2D eigenvalue weighted by atomic mass is 9.82.